The van der Waals surface area contributed by atoms with Crippen LogP contribution in [0.5, 0.6) is 11.5 Å². The zero-order valence-electron chi connectivity index (χ0n) is 8.31. The number of cyclic esters (lactones) is 1. The predicted octanol–water partition coefficient (Wildman–Crippen LogP) is 0.865. The summed E-state index contributed by atoms with van der Waals surface area (Å²) in [5, 5.41) is 9.46. The Kier molecular flexibility index (Phi) is 2.24. The molecule has 1 heterocycles. The van der Waals surface area contributed by atoms with Gasteiger partial charge in [-0.2, -0.15) is 0 Å². The molecule has 15 heavy (non-hydrogen) atoms. The van der Waals surface area contributed by atoms with Gasteiger partial charge >= 0.3 is 5.97 Å². The van der Waals surface area contributed by atoms with Crippen molar-refractivity contribution in [3.05, 3.63) is 23.3 Å². The van der Waals surface area contributed by atoms with Crippen molar-refractivity contribution in [2.24, 2.45) is 0 Å². The molecule has 5 nitrogen and oxygen atoms in total. The molecule has 1 aliphatic rings. The van der Waals surface area contributed by atoms with Crippen molar-refractivity contribution in [2.75, 3.05) is 14.2 Å². The maximum Gasteiger partial charge on any atom is 0.341 e. The number of esters is 1. The lowest BCUT2D eigenvalue weighted by Gasteiger charge is -2.09. The molecule has 0 amide bonds. The van der Waals surface area contributed by atoms with Crippen LogP contribution >= 0.6 is 0 Å². The Labute approximate surface area is 86.2 Å². The van der Waals surface area contributed by atoms with E-state index in [1.54, 1.807) is 6.07 Å². The molecule has 0 unspecified atom stereocenters. The van der Waals surface area contributed by atoms with Crippen LogP contribution in [0.1, 0.15) is 22.2 Å². The van der Waals surface area contributed by atoms with Crippen molar-refractivity contribution in [1.82, 2.24) is 0 Å². The van der Waals surface area contributed by atoms with Gasteiger partial charge in [-0.3, -0.25) is 0 Å². The summed E-state index contributed by atoms with van der Waals surface area (Å²) in [5.74, 6) is 0.286. The fourth-order valence-electron chi connectivity index (χ4n) is 1.54. The number of hydrogen-bond acceptors (Lipinski definition) is 5. The van der Waals surface area contributed by atoms with Crippen LogP contribution in [0.4, 0.5) is 0 Å². The van der Waals surface area contributed by atoms with Crippen LogP contribution in [-0.4, -0.2) is 25.3 Å². The van der Waals surface area contributed by atoms with Gasteiger partial charge in [-0.15, -0.1) is 0 Å². The molecular formula is C10H10O5. The van der Waals surface area contributed by atoms with Crippen LogP contribution in [0.3, 0.4) is 0 Å². The van der Waals surface area contributed by atoms with Crippen LogP contribution in [0, 0.1) is 0 Å². The summed E-state index contributed by atoms with van der Waals surface area (Å²) in [7, 11) is 2.93. The van der Waals surface area contributed by atoms with Gasteiger partial charge in [-0.1, -0.05) is 0 Å². The first-order valence-corrected chi connectivity index (χ1v) is 4.32. The van der Waals surface area contributed by atoms with E-state index >= 15 is 0 Å². The third-order valence-electron chi connectivity index (χ3n) is 2.26. The number of aliphatic hydroxyl groups is 1. The van der Waals surface area contributed by atoms with E-state index in [9.17, 15) is 9.90 Å². The van der Waals surface area contributed by atoms with E-state index in [0.29, 0.717) is 17.1 Å². The van der Waals surface area contributed by atoms with Gasteiger partial charge in [0.15, 0.2) is 0 Å². The zero-order chi connectivity index (χ0) is 11.0. The van der Waals surface area contributed by atoms with Gasteiger partial charge in [0.1, 0.15) is 11.5 Å². The van der Waals surface area contributed by atoms with E-state index in [2.05, 4.69) is 4.74 Å². The average Bonchev–Trinajstić information content (AvgIpc) is 2.53. The van der Waals surface area contributed by atoms with Gasteiger partial charge in [0.05, 0.1) is 25.3 Å². The molecule has 0 aromatic heterocycles. The number of carbonyl (C=O) groups is 1. The van der Waals surface area contributed by atoms with Crippen molar-refractivity contribution in [1.29, 1.82) is 0 Å². The first-order valence-electron chi connectivity index (χ1n) is 4.32. The summed E-state index contributed by atoms with van der Waals surface area (Å²) in [5.41, 5.74) is 0.627. The van der Waals surface area contributed by atoms with E-state index < -0.39 is 12.3 Å². The van der Waals surface area contributed by atoms with E-state index in [0.717, 1.165) is 0 Å². The van der Waals surface area contributed by atoms with Gasteiger partial charge < -0.3 is 19.3 Å². The number of benzene rings is 1. The second-order valence-electron chi connectivity index (χ2n) is 3.05. The molecule has 1 aromatic rings. The number of ether oxygens (including phenoxy) is 3. The smallest absolute Gasteiger partial charge is 0.341 e. The van der Waals surface area contributed by atoms with Gasteiger partial charge in [-0.05, 0) is 6.07 Å². The van der Waals surface area contributed by atoms with Gasteiger partial charge in [0, 0.05) is 6.07 Å². The second kappa shape index (κ2) is 3.43. The molecule has 0 saturated heterocycles. The number of fused-ring (bicyclic) bond motifs is 1. The highest BCUT2D eigenvalue weighted by atomic mass is 16.6. The summed E-state index contributed by atoms with van der Waals surface area (Å²) in [6, 6.07) is 3.10. The largest absolute Gasteiger partial charge is 0.497 e. The highest BCUT2D eigenvalue weighted by molar-refractivity contribution is 5.95. The summed E-state index contributed by atoms with van der Waals surface area (Å²) >= 11 is 0. The van der Waals surface area contributed by atoms with Crippen molar-refractivity contribution < 1.29 is 24.1 Å². The Balaban J connectivity index is 2.62. The van der Waals surface area contributed by atoms with Crippen molar-refractivity contribution >= 4 is 5.97 Å². The van der Waals surface area contributed by atoms with E-state index in [1.807, 2.05) is 0 Å². The fraction of sp³-hybridized carbons (Fsp3) is 0.300. The van der Waals surface area contributed by atoms with Crippen LogP contribution < -0.4 is 9.47 Å². The lowest BCUT2D eigenvalue weighted by Crippen LogP contribution is -1.98. The van der Waals surface area contributed by atoms with Gasteiger partial charge in [-0.25, -0.2) is 4.79 Å². The molecule has 0 spiro atoms. The van der Waals surface area contributed by atoms with Crippen molar-refractivity contribution in [2.45, 2.75) is 6.29 Å². The minimum absolute atomic E-state index is 0.277. The van der Waals surface area contributed by atoms with Gasteiger partial charge in [0.2, 0.25) is 6.29 Å². The number of methoxy groups -OCH3 is 2. The van der Waals surface area contributed by atoms with E-state index in [4.69, 9.17) is 9.47 Å². The molecule has 0 radical (unpaired) electrons. The SMILES string of the molecule is COc1cc(OC)c2c(c1)C(=O)O[C@H]2O. The van der Waals surface area contributed by atoms with Crippen LogP contribution in [0.2, 0.25) is 0 Å². The summed E-state index contributed by atoms with van der Waals surface area (Å²) in [6.07, 6.45) is -1.26. The molecule has 1 aliphatic heterocycles. The minimum atomic E-state index is -1.26. The maximum atomic E-state index is 11.3. The standard InChI is InChI=1S/C10H10O5/c1-13-5-3-6-8(7(4-5)14-2)10(12)15-9(6)11/h3-4,10,12H,1-2H3/t10-/m1/s1. The summed E-state index contributed by atoms with van der Waals surface area (Å²) in [6.45, 7) is 0. The molecule has 5 heteroatoms. The predicted molar refractivity (Wildman–Crippen MR) is 49.9 cm³/mol. The third-order valence-corrected chi connectivity index (χ3v) is 2.26. The molecule has 0 bridgehead atoms. The summed E-state index contributed by atoms with van der Waals surface area (Å²) < 4.78 is 14.7. The lowest BCUT2D eigenvalue weighted by atomic mass is 10.1. The topological polar surface area (TPSA) is 65.0 Å². The Hall–Kier alpha value is -1.75. The molecule has 0 fully saturated rings. The highest BCUT2D eigenvalue weighted by Crippen LogP contribution is 2.38. The highest BCUT2D eigenvalue weighted by Gasteiger charge is 2.33. The lowest BCUT2D eigenvalue weighted by molar-refractivity contribution is -0.0555. The van der Waals surface area contributed by atoms with Crippen LogP contribution in [-0.2, 0) is 4.74 Å². The first kappa shape index (κ1) is 9.79. The average molecular weight is 210 g/mol. The molecule has 80 valence electrons. The molecule has 2 rings (SSSR count). The normalized spacial score (nSPS) is 18.3. The third kappa shape index (κ3) is 1.41. The first-order chi connectivity index (χ1) is 7.17. The molecule has 1 aromatic carbocycles. The van der Waals surface area contributed by atoms with Crippen LogP contribution in [0.25, 0.3) is 0 Å². The Morgan fingerprint density at radius 1 is 1.33 bits per heavy atom. The molecule has 0 saturated carbocycles. The Morgan fingerprint density at radius 3 is 2.67 bits per heavy atom. The molecule has 0 aliphatic carbocycles. The second-order valence-corrected chi connectivity index (χ2v) is 3.05. The minimum Gasteiger partial charge on any atom is -0.497 e. The van der Waals surface area contributed by atoms with E-state index in [-0.39, 0.29) is 5.56 Å². The molecule has 1 N–H and O–H groups in total. The molecule has 1 atom stereocenters. The van der Waals surface area contributed by atoms with Gasteiger partial charge in [0.25, 0.3) is 0 Å². The number of rotatable bonds is 2. The Morgan fingerprint density at radius 2 is 2.07 bits per heavy atom. The fourth-order valence-corrected chi connectivity index (χ4v) is 1.54. The monoisotopic (exact) mass is 210 g/mol. The van der Waals surface area contributed by atoms with E-state index in [1.165, 1.54) is 20.3 Å². The summed E-state index contributed by atoms with van der Waals surface area (Å²) in [4.78, 5) is 11.3. The molecular weight excluding hydrogens is 200 g/mol. The quantitative estimate of drug-likeness (QED) is 0.733. The number of aliphatic hydroxyl groups excluding tert-OH is 1. The Bertz CT molecular complexity index is 413. The number of hydrogen-bond donors (Lipinski definition) is 1. The van der Waals surface area contributed by atoms with Crippen molar-refractivity contribution in [3.63, 3.8) is 0 Å². The van der Waals surface area contributed by atoms with Crippen LogP contribution in [0.15, 0.2) is 12.1 Å². The maximum absolute atomic E-state index is 11.3. The number of carbonyl (C=O) groups excluding carboxylic acids is 1. The zero-order valence-corrected chi connectivity index (χ0v) is 8.31. The van der Waals surface area contributed by atoms with Crippen molar-refractivity contribution in [3.8, 4) is 11.5 Å².